The van der Waals surface area contributed by atoms with E-state index in [1.54, 1.807) is 7.11 Å². The summed E-state index contributed by atoms with van der Waals surface area (Å²) in [5.74, 6) is 1.87. The number of methoxy groups -OCH3 is 1. The topological polar surface area (TPSA) is 24.5 Å². The zero-order valence-electron chi connectivity index (χ0n) is 12.6. The van der Waals surface area contributed by atoms with Crippen LogP contribution in [0.1, 0.15) is 24.8 Å². The van der Waals surface area contributed by atoms with E-state index in [-0.39, 0.29) is 12.4 Å². The first kappa shape index (κ1) is 17.3. The van der Waals surface area contributed by atoms with Crippen LogP contribution >= 0.6 is 12.4 Å². The minimum Gasteiger partial charge on any atom is -0.497 e. The summed E-state index contributed by atoms with van der Waals surface area (Å²) in [6.45, 7) is 4.66. The van der Waals surface area contributed by atoms with Crippen molar-refractivity contribution in [3.63, 3.8) is 0 Å². The number of nitrogens with one attached hydrogen (secondary N) is 1. The number of likely N-dealkylation sites (tertiary alicyclic amines) is 1. The zero-order valence-corrected chi connectivity index (χ0v) is 13.4. The van der Waals surface area contributed by atoms with Crippen LogP contribution in [-0.4, -0.2) is 38.7 Å². The third kappa shape index (κ3) is 5.31. The number of nitrogens with zero attached hydrogens (tertiary/aromatic N) is 1. The van der Waals surface area contributed by atoms with Gasteiger partial charge in [0.15, 0.2) is 0 Å². The third-order valence-electron chi connectivity index (χ3n) is 4.05. The molecule has 1 aliphatic heterocycles. The van der Waals surface area contributed by atoms with Crippen LogP contribution in [0.4, 0.5) is 0 Å². The summed E-state index contributed by atoms with van der Waals surface area (Å²) in [5.41, 5.74) is 1.35. The normalized spacial score (nSPS) is 16.7. The average molecular weight is 299 g/mol. The SMILES string of the molecule is CNCCC1CCN(Cc2cccc(OC)c2)CC1.Cl. The molecular weight excluding hydrogens is 272 g/mol. The van der Waals surface area contributed by atoms with E-state index in [9.17, 15) is 0 Å². The Hall–Kier alpha value is -0.770. The van der Waals surface area contributed by atoms with Crippen LogP contribution in [0.2, 0.25) is 0 Å². The maximum absolute atomic E-state index is 5.28. The van der Waals surface area contributed by atoms with E-state index < -0.39 is 0 Å². The number of piperidine rings is 1. The predicted molar refractivity (Wildman–Crippen MR) is 86.8 cm³/mol. The molecule has 0 spiro atoms. The molecule has 1 aromatic rings. The summed E-state index contributed by atoms with van der Waals surface area (Å²) in [7, 11) is 3.77. The van der Waals surface area contributed by atoms with Crippen molar-refractivity contribution in [3.05, 3.63) is 29.8 Å². The maximum Gasteiger partial charge on any atom is 0.119 e. The van der Waals surface area contributed by atoms with Crippen LogP contribution in [0.15, 0.2) is 24.3 Å². The number of ether oxygens (including phenoxy) is 1. The van der Waals surface area contributed by atoms with E-state index >= 15 is 0 Å². The van der Waals surface area contributed by atoms with Gasteiger partial charge < -0.3 is 10.1 Å². The van der Waals surface area contributed by atoms with Crippen molar-refractivity contribution in [2.75, 3.05) is 33.8 Å². The molecule has 0 radical (unpaired) electrons. The second-order valence-corrected chi connectivity index (χ2v) is 5.46. The van der Waals surface area contributed by atoms with Crippen LogP contribution in [0.5, 0.6) is 5.75 Å². The Morgan fingerprint density at radius 3 is 2.70 bits per heavy atom. The van der Waals surface area contributed by atoms with E-state index in [2.05, 4.69) is 28.4 Å². The van der Waals surface area contributed by atoms with Crippen molar-refractivity contribution in [3.8, 4) is 5.75 Å². The van der Waals surface area contributed by atoms with Gasteiger partial charge >= 0.3 is 0 Å². The van der Waals surface area contributed by atoms with E-state index in [0.29, 0.717) is 0 Å². The standard InChI is InChI=1S/C16H26N2O.ClH/c1-17-9-6-14-7-10-18(11-8-14)13-15-4-3-5-16(12-15)19-2;/h3-5,12,14,17H,6-11,13H2,1-2H3;1H. The van der Waals surface area contributed by atoms with E-state index in [4.69, 9.17) is 4.74 Å². The fourth-order valence-corrected chi connectivity index (χ4v) is 2.81. The summed E-state index contributed by atoms with van der Waals surface area (Å²) in [6, 6.07) is 8.42. The molecule has 1 aliphatic rings. The number of halogens is 1. The summed E-state index contributed by atoms with van der Waals surface area (Å²) >= 11 is 0. The van der Waals surface area contributed by atoms with Gasteiger partial charge in [0.25, 0.3) is 0 Å². The summed E-state index contributed by atoms with van der Waals surface area (Å²) in [6.07, 6.45) is 4.00. The highest BCUT2D eigenvalue weighted by Gasteiger charge is 2.18. The largest absolute Gasteiger partial charge is 0.497 e. The van der Waals surface area contributed by atoms with Crippen molar-refractivity contribution >= 4 is 12.4 Å². The highest BCUT2D eigenvalue weighted by atomic mass is 35.5. The lowest BCUT2D eigenvalue weighted by Gasteiger charge is -2.32. The Labute approximate surface area is 129 Å². The van der Waals surface area contributed by atoms with Gasteiger partial charge in [-0.1, -0.05) is 12.1 Å². The Kier molecular flexibility index (Phi) is 7.97. The van der Waals surface area contributed by atoms with Crippen LogP contribution in [0, 0.1) is 5.92 Å². The quantitative estimate of drug-likeness (QED) is 0.874. The van der Waals surface area contributed by atoms with Gasteiger partial charge in [0, 0.05) is 6.54 Å². The fraction of sp³-hybridized carbons (Fsp3) is 0.625. The van der Waals surface area contributed by atoms with E-state index in [1.807, 2.05) is 13.1 Å². The van der Waals surface area contributed by atoms with Gasteiger partial charge in [-0.3, -0.25) is 4.90 Å². The minimum atomic E-state index is 0. The number of hydrogen-bond donors (Lipinski definition) is 1. The number of benzene rings is 1. The van der Waals surface area contributed by atoms with Gasteiger partial charge in [-0.05, 0) is 69.6 Å². The average Bonchev–Trinajstić information content (AvgIpc) is 2.47. The van der Waals surface area contributed by atoms with Crippen molar-refractivity contribution in [2.24, 2.45) is 5.92 Å². The minimum absolute atomic E-state index is 0. The summed E-state index contributed by atoms with van der Waals surface area (Å²) < 4.78 is 5.28. The second kappa shape index (κ2) is 9.22. The third-order valence-corrected chi connectivity index (χ3v) is 4.05. The molecule has 0 unspecified atom stereocenters. The van der Waals surface area contributed by atoms with Crippen molar-refractivity contribution in [2.45, 2.75) is 25.8 Å². The van der Waals surface area contributed by atoms with Crippen LogP contribution in [-0.2, 0) is 6.54 Å². The molecule has 1 aromatic carbocycles. The molecule has 0 atom stereocenters. The molecule has 3 nitrogen and oxygen atoms in total. The first-order valence-corrected chi connectivity index (χ1v) is 7.31. The highest BCUT2D eigenvalue weighted by molar-refractivity contribution is 5.85. The molecule has 0 amide bonds. The maximum atomic E-state index is 5.28. The molecule has 0 saturated carbocycles. The molecule has 1 saturated heterocycles. The first-order valence-electron chi connectivity index (χ1n) is 7.31. The molecule has 1 heterocycles. The molecule has 114 valence electrons. The summed E-state index contributed by atoms with van der Waals surface area (Å²) in [5, 5.41) is 3.25. The first-order chi connectivity index (χ1) is 9.31. The Morgan fingerprint density at radius 2 is 2.05 bits per heavy atom. The molecule has 0 bridgehead atoms. The molecule has 2 rings (SSSR count). The number of rotatable bonds is 6. The molecule has 0 aliphatic carbocycles. The monoisotopic (exact) mass is 298 g/mol. The van der Waals surface area contributed by atoms with Crippen molar-refractivity contribution in [1.82, 2.24) is 10.2 Å². The van der Waals surface area contributed by atoms with Crippen LogP contribution in [0.25, 0.3) is 0 Å². The molecule has 0 aromatic heterocycles. The second-order valence-electron chi connectivity index (χ2n) is 5.46. The smallest absolute Gasteiger partial charge is 0.119 e. The van der Waals surface area contributed by atoms with E-state index in [1.165, 1.54) is 37.9 Å². The van der Waals surface area contributed by atoms with Crippen molar-refractivity contribution < 1.29 is 4.74 Å². The van der Waals surface area contributed by atoms with Gasteiger partial charge in [-0.25, -0.2) is 0 Å². The molecular formula is C16H27ClN2O. The number of hydrogen-bond acceptors (Lipinski definition) is 3. The van der Waals surface area contributed by atoms with E-state index in [0.717, 1.165) is 24.8 Å². The molecule has 1 fully saturated rings. The molecule has 20 heavy (non-hydrogen) atoms. The zero-order chi connectivity index (χ0) is 13.5. The highest BCUT2D eigenvalue weighted by Crippen LogP contribution is 2.22. The fourth-order valence-electron chi connectivity index (χ4n) is 2.81. The van der Waals surface area contributed by atoms with Gasteiger partial charge in [-0.15, -0.1) is 12.4 Å². The lowest BCUT2D eigenvalue weighted by Crippen LogP contribution is -2.34. The van der Waals surface area contributed by atoms with Gasteiger partial charge in [0.05, 0.1) is 7.11 Å². The predicted octanol–water partition coefficient (Wildman–Crippen LogP) is 2.94. The lowest BCUT2D eigenvalue weighted by atomic mass is 9.93. The Bertz CT molecular complexity index is 378. The summed E-state index contributed by atoms with van der Waals surface area (Å²) in [4.78, 5) is 2.56. The molecule has 4 heteroatoms. The van der Waals surface area contributed by atoms with Gasteiger partial charge in [-0.2, -0.15) is 0 Å². The van der Waals surface area contributed by atoms with Crippen LogP contribution in [0.3, 0.4) is 0 Å². The lowest BCUT2D eigenvalue weighted by molar-refractivity contribution is 0.172. The Morgan fingerprint density at radius 1 is 1.30 bits per heavy atom. The van der Waals surface area contributed by atoms with Crippen molar-refractivity contribution in [1.29, 1.82) is 0 Å². The van der Waals surface area contributed by atoms with Crippen LogP contribution < -0.4 is 10.1 Å². The van der Waals surface area contributed by atoms with Gasteiger partial charge in [0.1, 0.15) is 5.75 Å². The Balaban J connectivity index is 0.00000200. The molecule has 1 N–H and O–H groups in total. The van der Waals surface area contributed by atoms with Gasteiger partial charge in [0.2, 0.25) is 0 Å².